The molecule has 4 nitrogen and oxygen atoms in total. The van der Waals surface area contributed by atoms with E-state index < -0.39 is 0 Å². The van der Waals surface area contributed by atoms with E-state index in [0.717, 1.165) is 27.7 Å². The Hall–Kier alpha value is -2.37. The van der Waals surface area contributed by atoms with Crippen LogP contribution in [0.5, 0.6) is 5.75 Å². The number of thiazole rings is 1. The van der Waals surface area contributed by atoms with E-state index >= 15 is 0 Å². The van der Waals surface area contributed by atoms with E-state index in [1.807, 2.05) is 53.9 Å². The third-order valence-corrected chi connectivity index (χ3v) is 4.09. The second-order valence-corrected chi connectivity index (χ2v) is 5.99. The van der Waals surface area contributed by atoms with Crippen molar-refractivity contribution in [3.63, 3.8) is 0 Å². The van der Waals surface area contributed by atoms with Crippen molar-refractivity contribution < 1.29 is 4.74 Å². The number of anilines is 1. The van der Waals surface area contributed by atoms with Crippen molar-refractivity contribution in [3.8, 4) is 17.0 Å². The molecule has 6 heteroatoms. The molecule has 3 aromatic rings. The first-order chi connectivity index (χ1) is 11.2. The third kappa shape index (κ3) is 4.09. The zero-order chi connectivity index (χ0) is 16.1. The van der Waals surface area contributed by atoms with E-state index in [9.17, 15) is 0 Å². The number of rotatable bonds is 5. The maximum atomic E-state index is 5.93. The van der Waals surface area contributed by atoms with Gasteiger partial charge in [-0.1, -0.05) is 23.7 Å². The molecule has 0 saturated heterocycles. The van der Waals surface area contributed by atoms with Crippen LogP contribution in [-0.4, -0.2) is 18.3 Å². The number of nitrogens with zero attached hydrogens (tertiary/aromatic N) is 2. The first kappa shape index (κ1) is 15.5. The van der Waals surface area contributed by atoms with Crippen molar-refractivity contribution in [2.75, 3.05) is 12.5 Å². The molecule has 0 spiro atoms. The average molecular weight is 344 g/mol. The molecule has 3 rings (SSSR count). The molecule has 0 aliphatic rings. The lowest BCUT2D eigenvalue weighted by molar-refractivity contribution is 0.415. The molecule has 0 bridgehead atoms. The van der Waals surface area contributed by atoms with Crippen LogP contribution in [0.1, 0.15) is 5.56 Å². The van der Waals surface area contributed by atoms with Crippen LogP contribution < -0.4 is 10.2 Å². The molecule has 0 unspecified atom stereocenters. The van der Waals surface area contributed by atoms with Gasteiger partial charge in [0.1, 0.15) is 5.75 Å². The Bertz CT molecular complexity index is 815. The zero-order valence-corrected chi connectivity index (χ0v) is 13.9. The fraction of sp³-hybridized carbons (Fsp3) is 0.0588. The quantitative estimate of drug-likeness (QED) is 0.528. The lowest BCUT2D eigenvalue weighted by atomic mass is 10.2. The Morgan fingerprint density at radius 2 is 2.04 bits per heavy atom. The Balaban J connectivity index is 1.67. The summed E-state index contributed by atoms with van der Waals surface area (Å²) in [5.41, 5.74) is 5.80. The molecule has 0 radical (unpaired) electrons. The summed E-state index contributed by atoms with van der Waals surface area (Å²) >= 11 is 7.43. The molecular weight excluding hydrogens is 330 g/mol. The van der Waals surface area contributed by atoms with Gasteiger partial charge >= 0.3 is 0 Å². The normalized spacial score (nSPS) is 10.9. The Kier molecular flexibility index (Phi) is 4.90. The molecule has 0 aliphatic heterocycles. The molecular formula is C17H14ClN3OS. The van der Waals surface area contributed by atoms with Gasteiger partial charge in [0, 0.05) is 16.0 Å². The number of aromatic nitrogens is 1. The van der Waals surface area contributed by atoms with Crippen LogP contribution >= 0.6 is 22.9 Å². The molecule has 0 amide bonds. The number of hydrogen-bond acceptors (Lipinski definition) is 5. The van der Waals surface area contributed by atoms with Gasteiger partial charge in [0.15, 0.2) is 0 Å². The SMILES string of the molecule is COc1ccc(-c2csc(N/N=C\c3cccc(Cl)c3)n2)cc1. The van der Waals surface area contributed by atoms with E-state index in [0.29, 0.717) is 5.02 Å². The lowest BCUT2D eigenvalue weighted by Gasteiger charge is -2.00. The molecule has 0 saturated carbocycles. The predicted octanol–water partition coefficient (Wildman–Crippen LogP) is 4.92. The summed E-state index contributed by atoms with van der Waals surface area (Å²) in [6.07, 6.45) is 1.71. The summed E-state index contributed by atoms with van der Waals surface area (Å²) in [4.78, 5) is 4.51. The fourth-order valence-electron chi connectivity index (χ4n) is 1.97. The van der Waals surface area contributed by atoms with E-state index in [4.69, 9.17) is 16.3 Å². The highest BCUT2D eigenvalue weighted by molar-refractivity contribution is 7.14. The van der Waals surface area contributed by atoms with E-state index in [2.05, 4.69) is 15.5 Å². The highest BCUT2D eigenvalue weighted by Gasteiger charge is 2.04. The summed E-state index contributed by atoms with van der Waals surface area (Å²) in [5.74, 6) is 0.827. The van der Waals surface area contributed by atoms with Gasteiger partial charge < -0.3 is 4.74 Å². The van der Waals surface area contributed by atoms with Crippen LogP contribution in [0.4, 0.5) is 5.13 Å². The molecule has 0 aliphatic carbocycles. The van der Waals surface area contributed by atoms with Gasteiger partial charge in [-0.15, -0.1) is 11.3 Å². The van der Waals surface area contributed by atoms with Crippen molar-refractivity contribution in [2.24, 2.45) is 5.10 Å². The third-order valence-electron chi connectivity index (χ3n) is 3.11. The van der Waals surface area contributed by atoms with Crippen LogP contribution in [0.25, 0.3) is 11.3 Å². The maximum absolute atomic E-state index is 5.93. The minimum Gasteiger partial charge on any atom is -0.497 e. The average Bonchev–Trinajstić information content (AvgIpc) is 3.04. The first-order valence-electron chi connectivity index (χ1n) is 6.89. The van der Waals surface area contributed by atoms with Crippen LogP contribution in [0.3, 0.4) is 0 Å². The fourth-order valence-corrected chi connectivity index (χ4v) is 2.84. The molecule has 0 atom stereocenters. The highest BCUT2D eigenvalue weighted by atomic mass is 35.5. The van der Waals surface area contributed by atoms with Crippen LogP contribution in [-0.2, 0) is 0 Å². The summed E-state index contributed by atoms with van der Waals surface area (Å²) in [7, 11) is 1.65. The number of hydrazone groups is 1. The standard InChI is InChI=1S/C17H14ClN3OS/c1-22-15-7-5-13(6-8-15)16-11-23-17(20-16)21-19-10-12-3-2-4-14(18)9-12/h2-11H,1H3,(H,20,21)/b19-10-. The smallest absolute Gasteiger partial charge is 0.203 e. The van der Waals surface area contributed by atoms with Gasteiger partial charge in [-0.05, 0) is 42.0 Å². The van der Waals surface area contributed by atoms with Crippen molar-refractivity contribution in [1.82, 2.24) is 4.98 Å². The second-order valence-electron chi connectivity index (χ2n) is 4.69. The van der Waals surface area contributed by atoms with Crippen LogP contribution in [0.2, 0.25) is 5.02 Å². The van der Waals surface area contributed by atoms with E-state index in [1.54, 1.807) is 13.3 Å². The van der Waals surface area contributed by atoms with Crippen molar-refractivity contribution in [1.29, 1.82) is 0 Å². The Morgan fingerprint density at radius 1 is 1.22 bits per heavy atom. The van der Waals surface area contributed by atoms with Gasteiger partial charge in [-0.25, -0.2) is 4.98 Å². The lowest BCUT2D eigenvalue weighted by Crippen LogP contribution is -1.90. The second kappa shape index (κ2) is 7.26. The summed E-state index contributed by atoms with van der Waals surface area (Å²) < 4.78 is 5.16. The van der Waals surface area contributed by atoms with Gasteiger partial charge in [0.25, 0.3) is 0 Å². The zero-order valence-electron chi connectivity index (χ0n) is 12.4. The minimum absolute atomic E-state index is 0.685. The Morgan fingerprint density at radius 3 is 2.78 bits per heavy atom. The summed E-state index contributed by atoms with van der Waals surface area (Å²) in [6, 6.07) is 15.3. The van der Waals surface area contributed by atoms with Crippen molar-refractivity contribution >= 4 is 34.3 Å². The number of nitrogens with one attached hydrogen (secondary N) is 1. The van der Waals surface area contributed by atoms with E-state index in [1.165, 1.54) is 11.3 Å². The predicted molar refractivity (Wildman–Crippen MR) is 96.8 cm³/mol. The molecule has 1 heterocycles. The van der Waals surface area contributed by atoms with E-state index in [-0.39, 0.29) is 0 Å². The minimum atomic E-state index is 0.685. The number of halogens is 1. The molecule has 116 valence electrons. The van der Waals surface area contributed by atoms with Crippen LogP contribution in [0.15, 0.2) is 59.0 Å². The maximum Gasteiger partial charge on any atom is 0.203 e. The van der Waals surface area contributed by atoms with Gasteiger partial charge in [0.2, 0.25) is 5.13 Å². The summed E-state index contributed by atoms with van der Waals surface area (Å²) in [5, 5.41) is 7.58. The van der Waals surface area contributed by atoms with Gasteiger partial charge in [-0.3, -0.25) is 5.43 Å². The molecule has 1 N–H and O–H groups in total. The molecule has 23 heavy (non-hydrogen) atoms. The van der Waals surface area contributed by atoms with Crippen molar-refractivity contribution in [2.45, 2.75) is 0 Å². The number of benzene rings is 2. The van der Waals surface area contributed by atoms with Gasteiger partial charge in [0.05, 0.1) is 19.0 Å². The van der Waals surface area contributed by atoms with Crippen molar-refractivity contribution in [3.05, 3.63) is 64.5 Å². The number of hydrogen-bond donors (Lipinski definition) is 1. The molecule has 1 aromatic heterocycles. The highest BCUT2D eigenvalue weighted by Crippen LogP contribution is 2.26. The Labute approximate surface area is 143 Å². The molecule has 2 aromatic carbocycles. The monoisotopic (exact) mass is 343 g/mol. The largest absolute Gasteiger partial charge is 0.497 e. The van der Waals surface area contributed by atoms with Gasteiger partial charge in [-0.2, -0.15) is 5.10 Å². The summed E-state index contributed by atoms with van der Waals surface area (Å²) in [6.45, 7) is 0. The van der Waals surface area contributed by atoms with Crippen LogP contribution in [0, 0.1) is 0 Å². The number of ether oxygens (including phenoxy) is 1. The number of methoxy groups -OCH3 is 1. The molecule has 0 fully saturated rings. The topological polar surface area (TPSA) is 46.5 Å². The first-order valence-corrected chi connectivity index (χ1v) is 8.15.